The van der Waals surface area contributed by atoms with E-state index in [4.69, 9.17) is 5.73 Å². The maximum atomic E-state index is 12.1. The number of nitrogens with one attached hydrogen (secondary N) is 1. The number of carbonyl (C=O) groups excluding carboxylic acids is 2. The van der Waals surface area contributed by atoms with Crippen LogP contribution in [0.25, 0.3) is 0 Å². The van der Waals surface area contributed by atoms with E-state index in [1.165, 1.54) is 0 Å². The summed E-state index contributed by atoms with van der Waals surface area (Å²) < 4.78 is 1.14. The number of likely N-dealkylation sites (tertiary alicyclic amines) is 1. The molecule has 1 aromatic rings. The average molecular weight is 401 g/mol. The predicted octanol–water partition coefficient (Wildman–Crippen LogP) is 1.74. The summed E-state index contributed by atoms with van der Waals surface area (Å²) in [4.78, 5) is 25.4. The molecule has 0 bridgehead atoms. The van der Waals surface area contributed by atoms with Gasteiger partial charge in [0.05, 0.1) is 12.5 Å². The molecular formula is C15H20IN3O2. The van der Waals surface area contributed by atoms with Crippen molar-refractivity contribution < 1.29 is 9.59 Å². The summed E-state index contributed by atoms with van der Waals surface area (Å²) in [7, 11) is 0. The molecule has 0 saturated carbocycles. The van der Waals surface area contributed by atoms with E-state index in [1.807, 2.05) is 30.0 Å². The molecule has 0 unspecified atom stereocenters. The molecule has 1 atom stereocenters. The smallest absolute Gasteiger partial charge is 0.238 e. The Hall–Kier alpha value is -1.15. The Labute approximate surface area is 138 Å². The van der Waals surface area contributed by atoms with Crippen molar-refractivity contribution in [1.82, 2.24) is 4.90 Å². The molecule has 2 rings (SSSR count). The van der Waals surface area contributed by atoms with Crippen LogP contribution in [0, 0.1) is 16.4 Å². The molecule has 0 aromatic heterocycles. The van der Waals surface area contributed by atoms with Crippen LogP contribution in [0.5, 0.6) is 0 Å². The number of hydrogen-bond donors (Lipinski definition) is 2. The van der Waals surface area contributed by atoms with E-state index in [0.29, 0.717) is 13.1 Å². The minimum absolute atomic E-state index is 0.0515. The van der Waals surface area contributed by atoms with E-state index in [-0.39, 0.29) is 17.7 Å². The van der Waals surface area contributed by atoms with Gasteiger partial charge in [-0.1, -0.05) is 0 Å². The lowest BCUT2D eigenvalue weighted by Crippen LogP contribution is -2.44. The molecule has 1 heterocycles. The molecular weight excluding hydrogens is 381 g/mol. The largest absolute Gasteiger partial charge is 0.369 e. The van der Waals surface area contributed by atoms with Gasteiger partial charge in [-0.3, -0.25) is 14.5 Å². The summed E-state index contributed by atoms with van der Waals surface area (Å²) in [5.74, 6) is -0.454. The molecule has 114 valence electrons. The van der Waals surface area contributed by atoms with Crippen molar-refractivity contribution in [2.24, 2.45) is 11.7 Å². The minimum atomic E-state index is -0.270. The second-order valence-corrected chi connectivity index (χ2v) is 6.73. The number of primary amides is 1. The minimum Gasteiger partial charge on any atom is -0.369 e. The van der Waals surface area contributed by atoms with Crippen molar-refractivity contribution in [1.29, 1.82) is 0 Å². The average Bonchev–Trinajstić information content (AvgIpc) is 2.42. The van der Waals surface area contributed by atoms with Crippen molar-refractivity contribution in [3.05, 3.63) is 27.3 Å². The van der Waals surface area contributed by atoms with Crippen molar-refractivity contribution >= 4 is 40.1 Å². The number of nitrogens with two attached hydrogens (primary N) is 1. The molecule has 1 saturated heterocycles. The summed E-state index contributed by atoms with van der Waals surface area (Å²) >= 11 is 2.24. The van der Waals surface area contributed by atoms with E-state index in [1.54, 1.807) is 0 Å². The van der Waals surface area contributed by atoms with Crippen molar-refractivity contribution in [3.8, 4) is 0 Å². The summed E-state index contributed by atoms with van der Waals surface area (Å²) in [6.45, 7) is 3.69. The third-order valence-corrected chi connectivity index (χ3v) is 4.41. The fourth-order valence-electron chi connectivity index (χ4n) is 2.59. The predicted molar refractivity (Wildman–Crippen MR) is 90.9 cm³/mol. The fourth-order valence-corrected chi connectivity index (χ4v) is 3.24. The number of piperidine rings is 1. The van der Waals surface area contributed by atoms with Crippen molar-refractivity contribution in [2.75, 3.05) is 25.0 Å². The van der Waals surface area contributed by atoms with Crippen molar-refractivity contribution in [2.45, 2.75) is 19.8 Å². The Bertz CT molecular complexity index is 548. The number of carbonyl (C=O) groups is 2. The van der Waals surface area contributed by atoms with Crippen LogP contribution in [0.15, 0.2) is 18.2 Å². The molecule has 6 heteroatoms. The topological polar surface area (TPSA) is 75.4 Å². The second kappa shape index (κ2) is 7.22. The van der Waals surface area contributed by atoms with Gasteiger partial charge in [0.2, 0.25) is 11.8 Å². The third kappa shape index (κ3) is 4.67. The van der Waals surface area contributed by atoms with Crippen LogP contribution < -0.4 is 11.1 Å². The van der Waals surface area contributed by atoms with E-state index in [9.17, 15) is 9.59 Å². The normalized spacial score (nSPS) is 19.2. The van der Waals surface area contributed by atoms with Gasteiger partial charge >= 0.3 is 0 Å². The lowest BCUT2D eigenvalue weighted by Gasteiger charge is -2.30. The lowest BCUT2D eigenvalue weighted by atomic mass is 9.97. The third-order valence-electron chi connectivity index (χ3n) is 3.74. The first-order valence-corrected chi connectivity index (χ1v) is 8.11. The van der Waals surface area contributed by atoms with Crippen LogP contribution in [0.2, 0.25) is 0 Å². The summed E-state index contributed by atoms with van der Waals surface area (Å²) in [6.07, 6.45) is 1.73. The first kappa shape index (κ1) is 16.2. The van der Waals surface area contributed by atoms with Crippen molar-refractivity contribution in [3.63, 3.8) is 0 Å². The summed E-state index contributed by atoms with van der Waals surface area (Å²) in [6, 6.07) is 5.91. The maximum Gasteiger partial charge on any atom is 0.238 e. The molecule has 0 aliphatic carbocycles. The van der Waals surface area contributed by atoms with Gasteiger partial charge in [-0.15, -0.1) is 0 Å². The monoisotopic (exact) mass is 401 g/mol. The van der Waals surface area contributed by atoms with Crippen LogP contribution in [0.4, 0.5) is 5.69 Å². The van der Waals surface area contributed by atoms with Crippen LogP contribution in [-0.2, 0) is 9.59 Å². The highest BCUT2D eigenvalue weighted by molar-refractivity contribution is 14.1. The number of anilines is 1. The highest BCUT2D eigenvalue weighted by Gasteiger charge is 2.25. The highest BCUT2D eigenvalue weighted by atomic mass is 127. The molecule has 1 aliphatic rings. The zero-order valence-electron chi connectivity index (χ0n) is 12.1. The fraction of sp³-hybridized carbons (Fsp3) is 0.467. The lowest BCUT2D eigenvalue weighted by molar-refractivity contribution is -0.125. The Kier molecular flexibility index (Phi) is 5.58. The van der Waals surface area contributed by atoms with Gasteiger partial charge in [-0.05, 0) is 72.7 Å². The van der Waals surface area contributed by atoms with Gasteiger partial charge in [0.1, 0.15) is 0 Å². The molecule has 2 amide bonds. The standard InChI is InChI=1S/C15H20IN3O2/c1-10-7-12(16)4-5-13(10)18-14(20)9-19-6-2-3-11(8-19)15(17)21/h4-5,7,11H,2-3,6,8-9H2,1H3,(H2,17,21)(H,18,20)/t11-/m0/s1. The maximum absolute atomic E-state index is 12.1. The zero-order chi connectivity index (χ0) is 15.4. The van der Waals surface area contributed by atoms with Gasteiger partial charge < -0.3 is 11.1 Å². The summed E-state index contributed by atoms with van der Waals surface area (Å²) in [5.41, 5.74) is 7.23. The van der Waals surface area contributed by atoms with Gasteiger partial charge in [0.15, 0.2) is 0 Å². The summed E-state index contributed by atoms with van der Waals surface area (Å²) in [5, 5.41) is 2.93. The van der Waals surface area contributed by atoms with E-state index in [2.05, 4.69) is 27.9 Å². The number of amides is 2. The van der Waals surface area contributed by atoms with Gasteiger partial charge in [-0.25, -0.2) is 0 Å². The Morgan fingerprint density at radius 3 is 2.90 bits per heavy atom. The number of benzene rings is 1. The number of aryl methyl sites for hydroxylation is 1. The van der Waals surface area contributed by atoms with E-state index in [0.717, 1.165) is 34.2 Å². The molecule has 1 aromatic carbocycles. The van der Waals surface area contributed by atoms with Crippen LogP contribution in [-0.4, -0.2) is 36.3 Å². The Balaban J connectivity index is 1.91. The number of hydrogen-bond acceptors (Lipinski definition) is 3. The molecule has 5 nitrogen and oxygen atoms in total. The van der Waals surface area contributed by atoms with E-state index >= 15 is 0 Å². The zero-order valence-corrected chi connectivity index (χ0v) is 14.2. The van der Waals surface area contributed by atoms with Gasteiger partial charge in [0, 0.05) is 15.8 Å². The van der Waals surface area contributed by atoms with Crippen LogP contribution in [0.3, 0.4) is 0 Å². The quantitative estimate of drug-likeness (QED) is 0.755. The first-order chi connectivity index (χ1) is 9.95. The molecule has 21 heavy (non-hydrogen) atoms. The molecule has 0 radical (unpaired) electrons. The molecule has 1 aliphatic heterocycles. The number of nitrogens with zero attached hydrogens (tertiary/aromatic N) is 1. The second-order valence-electron chi connectivity index (χ2n) is 5.48. The molecule has 0 spiro atoms. The van der Waals surface area contributed by atoms with Crippen LogP contribution in [0.1, 0.15) is 18.4 Å². The number of halogens is 1. The van der Waals surface area contributed by atoms with Crippen LogP contribution >= 0.6 is 22.6 Å². The number of rotatable bonds is 4. The highest BCUT2D eigenvalue weighted by Crippen LogP contribution is 2.19. The first-order valence-electron chi connectivity index (χ1n) is 7.03. The Morgan fingerprint density at radius 2 is 2.24 bits per heavy atom. The molecule has 1 fully saturated rings. The van der Waals surface area contributed by atoms with E-state index < -0.39 is 0 Å². The molecule has 3 N–H and O–H groups in total. The van der Waals surface area contributed by atoms with Gasteiger partial charge in [-0.2, -0.15) is 0 Å². The Morgan fingerprint density at radius 1 is 1.48 bits per heavy atom. The SMILES string of the molecule is Cc1cc(I)ccc1NC(=O)CN1CCC[C@H](C(N)=O)C1. The van der Waals surface area contributed by atoms with Gasteiger partial charge in [0.25, 0.3) is 0 Å².